The van der Waals surface area contributed by atoms with Crippen LogP contribution in [-0.4, -0.2) is 34.1 Å². The zero-order valence-electron chi connectivity index (χ0n) is 10.6. The lowest BCUT2D eigenvalue weighted by atomic mass is 10.2. The molecule has 1 N–H and O–H groups in total. The molecule has 1 heterocycles. The van der Waals surface area contributed by atoms with E-state index >= 15 is 0 Å². The molecule has 0 spiro atoms. The Morgan fingerprint density at radius 3 is 2.75 bits per heavy atom. The van der Waals surface area contributed by atoms with Crippen molar-refractivity contribution >= 4 is 34.2 Å². The molecule has 2 rings (SSSR count). The van der Waals surface area contributed by atoms with E-state index in [-0.39, 0.29) is 11.6 Å². The molecule has 0 radical (unpaired) electrons. The standard InChI is InChI=1S/C12H12FN3O2S2/c1-16(6-8-2-4-9(13)5-3-8)11-14-15-12(20-11)19-7-10(17)18/h2-5H,6-7H2,1H3,(H,17,18). The quantitative estimate of drug-likeness (QED) is 0.827. The van der Waals surface area contributed by atoms with Gasteiger partial charge in [-0.2, -0.15) is 0 Å². The van der Waals surface area contributed by atoms with Gasteiger partial charge in [0.2, 0.25) is 5.13 Å². The zero-order chi connectivity index (χ0) is 14.5. The number of carboxylic acid groups (broad SMARTS) is 1. The molecule has 0 saturated carbocycles. The first-order valence-corrected chi connectivity index (χ1v) is 7.48. The van der Waals surface area contributed by atoms with Gasteiger partial charge in [-0.15, -0.1) is 10.2 Å². The van der Waals surface area contributed by atoms with Crippen LogP contribution in [0, 0.1) is 5.82 Å². The number of hydrogen-bond donors (Lipinski definition) is 1. The predicted molar refractivity (Wildman–Crippen MR) is 76.8 cm³/mol. The van der Waals surface area contributed by atoms with E-state index in [1.54, 1.807) is 12.1 Å². The second kappa shape index (κ2) is 6.67. The number of anilines is 1. The molecule has 0 aliphatic carbocycles. The number of aromatic nitrogens is 2. The summed E-state index contributed by atoms with van der Waals surface area (Å²) in [5, 5.41) is 17.2. The number of nitrogens with zero attached hydrogens (tertiary/aromatic N) is 3. The van der Waals surface area contributed by atoms with Gasteiger partial charge in [-0.25, -0.2) is 4.39 Å². The van der Waals surface area contributed by atoms with Crippen molar-refractivity contribution < 1.29 is 14.3 Å². The highest BCUT2D eigenvalue weighted by Gasteiger charge is 2.11. The van der Waals surface area contributed by atoms with Crippen LogP contribution in [0.3, 0.4) is 0 Å². The predicted octanol–water partition coefficient (Wildman–Crippen LogP) is 2.49. The number of thioether (sulfide) groups is 1. The Kier molecular flexibility index (Phi) is 4.91. The second-order valence-electron chi connectivity index (χ2n) is 4.02. The van der Waals surface area contributed by atoms with Gasteiger partial charge >= 0.3 is 5.97 Å². The molecule has 5 nitrogen and oxygen atoms in total. The Labute approximate surface area is 123 Å². The third kappa shape index (κ3) is 4.17. The van der Waals surface area contributed by atoms with E-state index in [4.69, 9.17) is 5.11 Å². The van der Waals surface area contributed by atoms with Gasteiger partial charge in [-0.1, -0.05) is 35.2 Å². The minimum Gasteiger partial charge on any atom is -0.481 e. The van der Waals surface area contributed by atoms with Crippen LogP contribution in [0.15, 0.2) is 28.6 Å². The molecule has 8 heteroatoms. The number of benzene rings is 1. The first kappa shape index (κ1) is 14.7. The highest BCUT2D eigenvalue weighted by atomic mass is 32.2. The normalized spacial score (nSPS) is 10.5. The van der Waals surface area contributed by atoms with Crippen molar-refractivity contribution in [1.29, 1.82) is 0 Å². The molecule has 0 aliphatic rings. The van der Waals surface area contributed by atoms with Gasteiger partial charge in [-0.3, -0.25) is 4.79 Å². The number of carbonyl (C=O) groups is 1. The molecule has 0 saturated heterocycles. The molecular formula is C12H12FN3O2S2. The summed E-state index contributed by atoms with van der Waals surface area (Å²) in [5.74, 6) is -1.18. The van der Waals surface area contributed by atoms with E-state index in [2.05, 4.69) is 10.2 Å². The average Bonchev–Trinajstić information content (AvgIpc) is 2.88. The van der Waals surface area contributed by atoms with Crippen molar-refractivity contribution in [1.82, 2.24) is 10.2 Å². The molecule has 0 fully saturated rings. The van der Waals surface area contributed by atoms with Crippen LogP contribution in [-0.2, 0) is 11.3 Å². The van der Waals surface area contributed by atoms with E-state index in [0.29, 0.717) is 16.0 Å². The summed E-state index contributed by atoms with van der Waals surface area (Å²) in [4.78, 5) is 12.4. The number of hydrogen-bond acceptors (Lipinski definition) is 6. The summed E-state index contributed by atoms with van der Waals surface area (Å²) in [7, 11) is 1.86. The first-order valence-electron chi connectivity index (χ1n) is 5.68. The van der Waals surface area contributed by atoms with Crippen molar-refractivity contribution in [3.8, 4) is 0 Å². The lowest BCUT2D eigenvalue weighted by molar-refractivity contribution is -0.133. The van der Waals surface area contributed by atoms with Crippen molar-refractivity contribution in [2.24, 2.45) is 0 Å². The van der Waals surface area contributed by atoms with Gasteiger partial charge in [0, 0.05) is 13.6 Å². The number of halogens is 1. The maximum absolute atomic E-state index is 12.8. The van der Waals surface area contributed by atoms with E-state index in [1.807, 2.05) is 11.9 Å². The molecule has 106 valence electrons. The molecule has 20 heavy (non-hydrogen) atoms. The van der Waals surface area contributed by atoms with Crippen LogP contribution in [0.2, 0.25) is 0 Å². The third-order valence-electron chi connectivity index (χ3n) is 2.37. The van der Waals surface area contributed by atoms with Crippen LogP contribution < -0.4 is 4.90 Å². The lowest BCUT2D eigenvalue weighted by Crippen LogP contribution is -2.16. The Morgan fingerprint density at radius 2 is 2.10 bits per heavy atom. The van der Waals surface area contributed by atoms with E-state index in [1.165, 1.54) is 23.5 Å². The maximum atomic E-state index is 12.8. The Morgan fingerprint density at radius 1 is 1.40 bits per heavy atom. The van der Waals surface area contributed by atoms with E-state index in [0.717, 1.165) is 17.3 Å². The van der Waals surface area contributed by atoms with Gasteiger partial charge in [0.25, 0.3) is 0 Å². The summed E-state index contributed by atoms with van der Waals surface area (Å²) >= 11 is 2.48. The fourth-order valence-electron chi connectivity index (χ4n) is 1.47. The highest BCUT2D eigenvalue weighted by molar-refractivity contribution is 8.01. The Hall–Kier alpha value is -1.67. The van der Waals surface area contributed by atoms with Crippen molar-refractivity contribution in [2.45, 2.75) is 10.9 Å². The van der Waals surface area contributed by atoms with Gasteiger partial charge in [0.15, 0.2) is 4.34 Å². The smallest absolute Gasteiger partial charge is 0.313 e. The van der Waals surface area contributed by atoms with Gasteiger partial charge in [0.1, 0.15) is 5.82 Å². The number of carboxylic acids is 1. The topological polar surface area (TPSA) is 66.3 Å². The molecule has 1 aromatic heterocycles. The number of rotatable bonds is 6. The third-order valence-corrected chi connectivity index (χ3v) is 4.53. The molecule has 0 bridgehead atoms. The lowest BCUT2D eigenvalue weighted by Gasteiger charge is -2.14. The van der Waals surface area contributed by atoms with Crippen molar-refractivity contribution in [3.63, 3.8) is 0 Å². The molecule has 0 atom stereocenters. The van der Waals surface area contributed by atoms with Crippen molar-refractivity contribution in [2.75, 3.05) is 17.7 Å². The first-order chi connectivity index (χ1) is 9.54. The van der Waals surface area contributed by atoms with Crippen LogP contribution in [0.4, 0.5) is 9.52 Å². The van der Waals surface area contributed by atoms with Crippen LogP contribution in [0.5, 0.6) is 0 Å². The summed E-state index contributed by atoms with van der Waals surface area (Å²) in [6, 6.07) is 6.26. The molecule has 0 aliphatic heterocycles. The minimum atomic E-state index is -0.883. The van der Waals surface area contributed by atoms with Gasteiger partial charge < -0.3 is 10.0 Å². The summed E-state index contributed by atoms with van der Waals surface area (Å²) in [5.41, 5.74) is 0.962. The second-order valence-corrected chi connectivity index (χ2v) is 6.19. The van der Waals surface area contributed by atoms with Crippen LogP contribution in [0.25, 0.3) is 0 Å². The van der Waals surface area contributed by atoms with Crippen LogP contribution in [0.1, 0.15) is 5.56 Å². The SMILES string of the molecule is CN(Cc1ccc(F)cc1)c1nnc(SCC(=O)O)s1. The Balaban J connectivity index is 1.96. The molecule has 0 unspecified atom stereocenters. The number of aliphatic carboxylic acids is 1. The molecule has 1 aromatic carbocycles. The monoisotopic (exact) mass is 313 g/mol. The van der Waals surface area contributed by atoms with Gasteiger partial charge in [0.05, 0.1) is 5.75 Å². The molecule has 0 amide bonds. The average molecular weight is 313 g/mol. The molecular weight excluding hydrogens is 301 g/mol. The Bertz CT molecular complexity index is 589. The van der Waals surface area contributed by atoms with Crippen LogP contribution >= 0.6 is 23.1 Å². The highest BCUT2D eigenvalue weighted by Crippen LogP contribution is 2.27. The van der Waals surface area contributed by atoms with Gasteiger partial charge in [-0.05, 0) is 17.7 Å². The summed E-state index contributed by atoms with van der Waals surface area (Å²) in [6.07, 6.45) is 0. The minimum absolute atomic E-state index is 0.0314. The zero-order valence-corrected chi connectivity index (χ0v) is 12.2. The van der Waals surface area contributed by atoms with Crippen molar-refractivity contribution in [3.05, 3.63) is 35.6 Å². The fourth-order valence-corrected chi connectivity index (χ4v) is 2.99. The maximum Gasteiger partial charge on any atom is 0.313 e. The summed E-state index contributed by atoms with van der Waals surface area (Å²) < 4.78 is 13.4. The molecule has 2 aromatic rings. The van der Waals surface area contributed by atoms with E-state index < -0.39 is 5.97 Å². The fraction of sp³-hybridized carbons (Fsp3) is 0.250. The summed E-state index contributed by atoms with van der Waals surface area (Å²) in [6.45, 7) is 0.582. The largest absolute Gasteiger partial charge is 0.481 e. The van der Waals surface area contributed by atoms with E-state index in [9.17, 15) is 9.18 Å².